The van der Waals surface area contributed by atoms with Crippen LogP contribution in [0.2, 0.25) is 0 Å². The van der Waals surface area contributed by atoms with Gasteiger partial charge in [0, 0.05) is 29.9 Å². The molecule has 21 heavy (non-hydrogen) atoms. The highest BCUT2D eigenvalue weighted by atomic mass is 32.2. The van der Waals surface area contributed by atoms with Crippen molar-refractivity contribution < 1.29 is 0 Å². The summed E-state index contributed by atoms with van der Waals surface area (Å²) in [5.41, 5.74) is 1.96. The Labute approximate surface area is 129 Å². The fraction of sp³-hybridized carbons (Fsp3) is 0.467. The van der Waals surface area contributed by atoms with Gasteiger partial charge in [-0.25, -0.2) is 19.9 Å². The quantitative estimate of drug-likeness (QED) is 0.675. The summed E-state index contributed by atoms with van der Waals surface area (Å²) in [6, 6.07) is 3.95. The second-order valence-corrected chi connectivity index (χ2v) is 6.28. The molecule has 0 radical (unpaired) electrons. The Kier molecular flexibility index (Phi) is 4.05. The van der Waals surface area contributed by atoms with Crippen LogP contribution in [-0.2, 0) is 0 Å². The van der Waals surface area contributed by atoms with Crippen LogP contribution in [0, 0.1) is 13.8 Å². The van der Waals surface area contributed by atoms with Crippen molar-refractivity contribution in [3.63, 3.8) is 0 Å². The van der Waals surface area contributed by atoms with Crippen LogP contribution in [0.3, 0.4) is 0 Å². The van der Waals surface area contributed by atoms with Crippen molar-refractivity contribution >= 4 is 17.6 Å². The highest BCUT2D eigenvalue weighted by Gasteiger charge is 2.27. The molecule has 6 heteroatoms. The second-order valence-electron chi connectivity index (χ2n) is 5.29. The van der Waals surface area contributed by atoms with E-state index in [1.54, 1.807) is 0 Å². The Balaban J connectivity index is 1.89. The summed E-state index contributed by atoms with van der Waals surface area (Å²) in [6.07, 6.45) is 2.39. The smallest absolute Gasteiger partial charge is 0.194 e. The fourth-order valence-corrected chi connectivity index (χ4v) is 3.00. The number of nitrogens with one attached hydrogen (secondary N) is 1. The lowest BCUT2D eigenvalue weighted by molar-refractivity contribution is 0.865. The van der Waals surface area contributed by atoms with E-state index in [-0.39, 0.29) is 0 Å². The molecule has 0 atom stereocenters. The Bertz CT molecular complexity index is 634. The summed E-state index contributed by atoms with van der Waals surface area (Å²) in [6.45, 7) is 6.89. The normalized spacial score (nSPS) is 14.2. The number of hydrogen-bond acceptors (Lipinski definition) is 6. The summed E-state index contributed by atoms with van der Waals surface area (Å²) in [7, 11) is 0. The van der Waals surface area contributed by atoms with Crippen molar-refractivity contribution in [1.82, 2.24) is 19.9 Å². The summed E-state index contributed by atoms with van der Waals surface area (Å²) in [5.74, 6) is 2.37. The van der Waals surface area contributed by atoms with Crippen LogP contribution in [0.25, 0.3) is 0 Å². The van der Waals surface area contributed by atoms with Crippen molar-refractivity contribution in [3.8, 4) is 0 Å². The van der Waals surface area contributed by atoms with Crippen molar-refractivity contribution in [2.45, 2.75) is 49.7 Å². The molecule has 1 fully saturated rings. The molecule has 0 bridgehead atoms. The topological polar surface area (TPSA) is 63.6 Å². The largest absolute Gasteiger partial charge is 0.370 e. The minimum Gasteiger partial charge on any atom is -0.370 e. The van der Waals surface area contributed by atoms with E-state index in [9.17, 15) is 0 Å². The van der Waals surface area contributed by atoms with Crippen LogP contribution in [0.1, 0.15) is 42.9 Å². The molecular formula is C15H19N5S. The van der Waals surface area contributed by atoms with Gasteiger partial charge in [-0.1, -0.05) is 0 Å². The summed E-state index contributed by atoms with van der Waals surface area (Å²) >= 11 is 1.50. The van der Waals surface area contributed by atoms with Crippen molar-refractivity contribution in [1.29, 1.82) is 0 Å². The third-order valence-electron chi connectivity index (χ3n) is 3.18. The molecular weight excluding hydrogens is 282 g/mol. The molecule has 0 unspecified atom stereocenters. The van der Waals surface area contributed by atoms with E-state index in [2.05, 4.69) is 32.2 Å². The summed E-state index contributed by atoms with van der Waals surface area (Å²) in [4.78, 5) is 18.2. The van der Waals surface area contributed by atoms with Gasteiger partial charge in [-0.2, -0.15) is 0 Å². The first-order valence-electron chi connectivity index (χ1n) is 7.27. The predicted octanol–water partition coefficient (Wildman–Crippen LogP) is 3.34. The number of rotatable bonds is 5. The molecule has 1 aliphatic rings. The lowest BCUT2D eigenvalue weighted by Crippen LogP contribution is -2.04. The fourth-order valence-electron chi connectivity index (χ4n) is 2.12. The zero-order valence-corrected chi connectivity index (χ0v) is 13.4. The van der Waals surface area contributed by atoms with Crippen LogP contribution < -0.4 is 5.32 Å². The van der Waals surface area contributed by atoms with Gasteiger partial charge in [-0.05, 0) is 51.4 Å². The second kappa shape index (κ2) is 5.97. The lowest BCUT2D eigenvalue weighted by Gasteiger charge is -2.08. The van der Waals surface area contributed by atoms with Crippen LogP contribution in [0.4, 0.5) is 5.82 Å². The maximum atomic E-state index is 4.66. The van der Waals surface area contributed by atoms with Crippen LogP contribution in [-0.4, -0.2) is 26.5 Å². The van der Waals surface area contributed by atoms with Gasteiger partial charge in [-0.15, -0.1) is 0 Å². The molecule has 2 aromatic heterocycles. The third-order valence-corrected chi connectivity index (χ3v) is 3.96. The molecule has 0 saturated heterocycles. The average molecular weight is 301 g/mol. The van der Waals surface area contributed by atoms with Crippen LogP contribution >= 0.6 is 11.8 Å². The van der Waals surface area contributed by atoms with E-state index >= 15 is 0 Å². The van der Waals surface area contributed by atoms with Crippen molar-refractivity contribution in [3.05, 3.63) is 29.3 Å². The molecule has 0 amide bonds. The molecule has 0 spiro atoms. The van der Waals surface area contributed by atoms with Gasteiger partial charge in [-0.3, -0.25) is 0 Å². The monoisotopic (exact) mass is 301 g/mol. The zero-order valence-electron chi connectivity index (χ0n) is 12.6. The van der Waals surface area contributed by atoms with Gasteiger partial charge in [0.2, 0.25) is 0 Å². The molecule has 0 aliphatic heterocycles. The lowest BCUT2D eigenvalue weighted by atomic mass is 10.4. The van der Waals surface area contributed by atoms with Crippen molar-refractivity contribution in [2.75, 3.05) is 11.9 Å². The standard InChI is InChI=1S/C15H19N5S/c1-4-16-12-8-13(20-14(19-12)11-5-6-11)21-15-17-9(2)7-10(3)18-15/h7-8,11H,4-6H2,1-3H3,(H,16,19,20). The van der Waals surface area contributed by atoms with Gasteiger partial charge in [0.05, 0.1) is 0 Å². The maximum Gasteiger partial charge on any atom is 0.194 e. The molecule has 110 valence electrons. The van der Waals surface area contributed by atoms with Gasteiger partial charge in [0.1, 0.15) is 16.7 Å². The Morgan fingerprint density at radius 2 is 1.81 bits per heavy atom. The maximum absolute atomic E-state index is 4.66. The molecule has 3 rings (SSSR count). The number of aromatic nitrogens is 4. The molecule has 1 N–H and O–H groups in total. The Morgan fingerprint density at radius 1 is 1.10 bits per heavy atom. The minimum absolute atomic E-state index is 0.531. The Hall–Kier alpha value is -1.69. The van der Waals surface area contributed by atoms with E-state index in [0.717, 1.165) is 39.8 Å². The SMILES string of the molecule is CCNc1cc(Sc2nc(C)cc(C)n2)nc(C2CC2)n1. The molecule has 2 heterocycles. The van der Waals surface area contributed by atoms with E-state index in [1.807, 2.05) is 26.0 Å². The van der Waals surface area contributed by atoms with E-state index in [1.165, 1.54) is 24.6 Å². The van der Waals surface area contributed by atoms with Gasteiger partial charge < -0.3 is 5.32 Å². The number of anilines is 1. The molecule has 0 aromatic carbocycles. The van der Waals surface area contributed by atoms with E-state index in [0.29, 0.717) is 5.92 Å². The first-order chi connectivity index (χ1) is 10.1. The number of hydrogen-bond donors (Lipinski definition) is 1. The molecule has 1 aliphatic carbocycles. The number of nitrogens with zero attached hydrogens (tertiary/aromatic N) is 4. The van der Waals surface area contributed by atoms with Crippen LogP contribution in [0.15, 0.2) is 22.3 Å². The van der Waals surface area contributed by atoms with Gasteiger partial charge in [0.15, 0.2) is 5.16 Å². The first-order valence-corrected chi connectivity index (χ1v) is 8.08. The van der Waals surface area contributed by atoms with Crippen molar-refractivity contribution in [2.24, 2.45) is 0 Å². The Morgan fingerprint density at radius 3 is 2.43 bits per heavy atom. The zero-order chi connectivity index (χ0) is 14.8. The molecule has 1 saturated carbocycles. The van der Waals surface area contributed by atoms with Crippen LogP contribution in [0.5, 0.6) is 0 Å². The van der Waals surface area contributed by atoms with Gasteiger partial charge >= 0.3 is 0 Å². The first kappa shape index (κ1) is 14.3. The third kappa shape index (κ3) is 3.69. The van der Waals surface area contributed by atoms with E-state index in [4.69, 9.17) is 0 Å². The number of aryl methyl sites for hydroxylation is 2. The minimum atomic E-state index is 0.531. The highest BCUT2D eigenvalue weighted by Crippen LogP contribution is 2.39. The van der Waals surface area contributed by atoms with E-state index < -0.39 is 0 Å². The molecule has 5 nitrogen and oxygen atoms in total. The van der Waals surface area contributed by atoms with Gasteiger partial charge in [0.25, 0.3) is 0 Å². The summed E-state index contributed by atoms with van der Waals surface area (Å²) in [5, 5.41) is 4.93. The average Bonchev–Trinajstić information content (AvgIpc) is 3.21. The summed E-state index contributed by atoms with van der Waals surface area (Å²) < 4.78 is 0. The highest BCUT2D eigenvalue weighted by molar-refractivity contribution is 7.99. The molecule has 2 aromatic rings. The predicted molar refractivity (Wildman–Crippen MR) is 83.8 cm³/mol.